The van der Waals surface area contributed by atoms with E-state index >= 15 is 0 Å². The monoisotopic (exact) mass is 265 g/mol. The van der Waals surface area contributed by atoms with Crippen molar-refractivity contribution in [2.75, 3.05) is 7.05 Å². The second-order valence-corrected chi connectivity index (χ2v) is 4.25. The topological polar surface area (TPSA) is 12.0 Å². The molecule has 0 fully saturated rings. The Morgan fingerprint density at radius 2 is 1.37 bits per heavy atom. The molecule has 0 radical (unpaired) electrons. The van der Waals surface area contributed by atoms with Gasteiger partial charge in [-0.2, -0.15) is 13.2 Å². The van der Waals surface area contributed by atoms with Gasteiger partial charge in [-0.3, -0.25) is 0 Å². The SMILES string of the molecule is CNC(c1ccc(-c2ccccc2)cc1)C(F)(F)F. The van der Waals surface area contributed by atoms with Gasteiger partial charge in [0.2, 0.25) is 0 Å². The fourth-order valence-corrected chi connectivity index (χ4v) is 2.02. The molecule has 0 saturated carbocycles. The van der Waals surface area contributed by atoms with Crippen LogP contribution in [0, 0.1) is 0 Å². The molecule has 0 aliphatic heterocycles. The Kier molecular flexibility index (Phi) is 3.90. The van der Waals surface area contributed by atoms with E-state index in [2.05, 4.69) is 5.32 Å². The van der Waals surface area contributed by atoms with Crippen molar-refractivity contribution in [3.05, 3.63) is 60.2 Å². The minimum atomic E-state index is -4.29. The van der Waals surface area contributed by atoms with E-state index in [0.29, 0.717) is 0 Å². The lowest BCUT2D eigenvalue weighted by Gasteiger charge is -2.20. The maximum absolute atomic E-state index is 12.8. The van der Waals surface area contributed by atoms with E-state index in [4.69, 9.17) is 0 Å². The van der Waals surface area contributed by atoms with Crippen LogP contribution in [-0.4, -0.2) is 13.2 Å². The molecule has 4 heteroatoms. The lowest BCUT2D eigenvalue weighted by atomic mass is 10.0. The largest absolute Gasteiger partial charge is 0.407 e. The van der Waals surface area contributed by atoms with Crippen molar-refractivity contribution in [3.63, 3.8) is 0 Å². The summed E-state index contributed by atoms with van der Waals surface area (Å²) in [4.78, 5) is 0. The van der Waals surface area contributed by atoms with Crippen LogP contribution in [0.2, 0.25) is 0 Å². The lowest BCUT2D eigenvalue weighted by molar-refractivity contribution is -0.156. The molecule has 1 nitrogen and oxygen atoms in total. The molecule has 0 aliphatic carbocycles. The van der Waals surface area contributed by atoms with Crippen LogP contribution >= 0.6 is 0 Å². The van der Waals surface area contributed by atoms with Crippen LogP contribution in [-0.2, 0) is 0 Å². The average Bonchev–Trinajstić information content (AvgIpc) is 2.40. The van der Waals surface area contributed by atoms with Gasteiger partial charge in [0, 0.05) is 0 Å². The smallest absolute Gasteiger partial charge is 0.306 e. The number of hydrogen-bond donors (Lipinski definition) is 1. The Balaban J connectivity index is 2.28. The van der Waals surface area contributed by atoms with Gasteiger partial charge in [0.1, 0.15) is 6.04 Å². The standard InChI is InChI=1S/C15H14F3N/c1-19-14(15(16,17)18)13-9-7-12(8-10-13)11-5-3-2-4-6-11/h2-10,14,19H,1H3. The number of hydrogen-bond acceptors (Lipinski definition) is 1. The molecule has 0 bridgehead atoms. The number of nitrogens with one attached hydrogen (secondary N) is 1. The zero-order valence-corrected chi connectivity index (χ0v) is 10.4. The first-order valence-electron chi connectivity index (χ1n) is 5.92. The van der Waals surface area contributed by atoms with E-state index in [1.807, 2.05) is 30.3 Å². The van der Waals surface area contributed by atoms with Crippen LogP contribution in [0.15, 0.2) is 54.6 Å². The van der Waals surface area contributed by atoms with Crippen molar-refractivity contribution >= 4 is 0 Å². The maximum atomic E-state index is 12.8. The summed E-state index contributed by atoms with van der Waals surface area (Å²) < 4.78 is 38.3. The fraction of sp³-hybridized carbons (Fsp3) is 0.200. The van der Waals surface area contributed by atoms with Crippen LogP contribution in [0.3, 0.4) is 0 Å². The van der Waals surface area contributed by atoms with Gasteiger partial charge in [-0.25, -0.2) is 0 Å². The van der Waals surface area contributed by atoms with Gasteiger partial charge in [0.15, 0.2) is 0 Å². The first-order valence-corrected chi connectivity index (χ1v) is 5.92. The third kappa shape index (κ3) is 3.15. The first-order chi connectivity index (χ1) is 9.02. The Morgan fingerprint density at radius 1 is 0.842 bits per heavy atom. The molecule has 2 aromatic carbocycles. The van der Waals surface area contributed by atoms with Gasteiger partial charge in [-0.1, -0.05) is 54.6 Å². The summed E-state index contributed by atoms with van der Waals surface area (Å²) in [7, 11) is 1.31. The fourth-order valence-electron chi connectivity index (χ4n) is 2.02. The minimum Gasteiger partial charge on any atom is -0.306 e. The number of halogens is 3. The van der Waals surface area contributed by atoms with Crippen molar-refractivity contribution in [3.8, 4) is 11.1 Å². The molecular formula is C15H14F3N. The molecule has 1 unspecified atom stereocenters. The summed E-state index contributed by atoms with van der Waals surface area (Å²) in [5.74, 6) is 0. The summed E-state index contributed by atoms with van der Waals surface area (Å²) in [5.41, 5.74) is 2.11. The zero-order chi connectivity index (χ0) is 13.9. The molecule has 1 atom stereocenters. The van der Waals surface area contributed by atoms with Crippen LogP contribution in [0.4, 0.5) is 13.2 Å². The van der Waals surface area contributed by atoms with Crippen LogP contribution in [0.1, 0.15) is 11.6 Å². The molecule has 2 aromatic rings. The summed E-state index contributed by atoms with van der Waals surface area (Å²) in [6.07, 6.45) is -4.29. The molecule has 0 spiro atoms. The highest BCUT2D eigenvalue weighted by atomic mass is 19.4. The van der Waals surface area contributed by atoms with Gasteiger partial charge in [-0.05, 0) is 23.7 Å². The Hall–Kier alpha value is -1.81. The highest BCUT2D eigenvalue weighted by molar-refractivity contribution is 5.63. The third-order valence-corrected chi connectivity index (χ3v) is 2.97. The second-order valence-electron chi connectivity index (χ2n) is 4.25. The predicted octanol–water partition coefficient (Wildman–Crippen LogP) is 4.18. The zero-order valence-electron chi connectivity index (χ0n) is 10.4. The van der Waals surface area contributed by atoms with E-state index in [0.717, 1.165) is 11.1 Å². The van der Waals surface area contributed by atoms with Gasteiger partial charge in [-0.15, -0.1) is 0 Å². The summed E-state index contributed by atoms with van der Waals surface area (Å²) in [6.45, 7) is 0. The van der Waals surface area contributed by atoms with Crippen LogP contribution < -0.4 is 5.32 Å². The first kappa shape index (κ1) is 13.6. The minimum absolute atomic E-state index is 0.217. The average molecular weight is 265 g/mol. The second kappa shape index (κ2) is 5.45. The number of alkyl halides is 3. The van der Waals surface area contributed by atoms with Crippen molar-refractivity contribution in [2.24, 2.45) is 0 Å². The Labute approximate surface area is 110 Å². The molecule has 2 rings (SSSR count). The molecular weight excluding hydrogens is 251 g/mol. The molecule has 1 N–H and O–H groups in total. The van der Waals surface area contributed by atoms with E-state index < -0.39 is 12.2 Å². The van der Waals surface area contributed by atoms with Crippen LogP contribution in [0.25, 0.3) is 11.1 Å². The quantitative estimate of drug-likeness (QED) is 0.878. The van der Waals surface area contributed by atoms with Crippen molar-refractivity contribution in [1.29, 1.82) is 0 Å². The Morgan fingerprint density at radius 3 is 1.84 bits per heavy atom. The predicted molar refractivity (Wildman–Crippen MR) is 69.7 cm³/mol. The molecule has 19 heavy (non-hydrogen) atoms. The van der Waals surface area contributed by atoms with Crippen molar-refractivity contribution in [2.45, 2.75) is 12.2 Å². The van der Waals surface area contributed by atoms with Gasteiger partial charge >= 0.3 is 6.18 Å². The highest BCUT2D eigenvalue weighted by Crippen LogP contribution is 2.33. The van der Waals surface area contributed by atoms with E-state index in [9.17, 15) is 13.2 Å². The summed E-state index contributed by atoms with van der Waals surface area (Å²) >= 11 is 0. The molecule has 100 valence electrons. The highest BCUT2D eigenvalue weighted by Gasteiger charge is 2.39. The molecule has 0 aromatic heterocycles. The van der Waals surface area contributed by atoms with E-state index in [1.165, 1.54) is 19.2 Å². The van der Waals surface area contributed by atoms with E-state index in [-0.39, 0.29) is 5.56 Å². The Bertz CT molecular complexity index is 517. The molecule has 0 amide bonds. The third-order valence-electron chi connectivity index (χ3n) is 2.97. The molecule has 0 aliphatic rings. The van der Waals surface area contributed by atoms with Gasteiger partial charge in [0.25, 0.3) is 0 Å². The van der Waals surface area contributed by atoms with Gasteiger partial charge < -0.3 is 5.32 Å². The van der Waals surface area contributed by atoms with Crippen molar-refractivity contribution in [1.82, 2.24) is 5.32 Å². The van der Waals surface area contributed by atoms with Crippen LogP contribution in [0.5, 0.6) is 0 Å². The van der Waals surface area contributed by atoms with E-state index in [1.54, 1.807) is 12.1 Å². The summed E-state index contributed by atoms with van der Waals surface area (Å²) in [5, 5.41) is 2.29. The number of rotatable bonds is 3. The molecule has 0 heterocycles. The molecule has 0 saturated heterocycles. The normalized spacial score (nSPS) is 13.3. The summed E-state index contributed by atoms with van der Waals surface area (Å²) in [6, 6.07) is 14.4. The van der Waals surface area contributed by atoms with Gasteiger partial charge in [0.05, 0.1) is 0 Å². The van der Waals surface area contributed by atoms with Crippen molar-refractivity contribution < 1.29 is 13.2 Å². The lowest BCUT2D eigenvalue weighted by Crippen LogP contribution is -2.31. The number of benzene rings is 2. The maximum Gasteiger partial charge on any atom is 0.407 e.